The highest BCUT2D eigenvalue weighted by atomic mass is 16.1. The Hall–Kier alpha value is -1.35. The fourth-order valence-corrected chi connectivity index (χ4v) is 1.67. The van der Waals surface area contributed by atoms with Crippen LogP contribution in [0.5, 0.6) is 0 Å². The third-order valence-electron chi connectivity index (χ3n) is 2.76. The number of hydrogen-bond donors (Lipinski definition) is 2. The number of carbonyl (C=O) groups excluding carboxylic acids is 1. The fourth-order valence-electron chi connectivity index (χ4n) is 1.67. The molecule has 1 amide bonds. The van der Waals surface area contributed by atoms with Gasteiger partial charge in [0.2, 0.25) is 0 Å². The lowest BCUT2D eigenvalue weighted by molar-refractivity contribution is 0.0938. The number of rotatable bonds is 6. The minimum atomic E-state index is 0.0157. The van der Waals surface area contributed by atoms with Crippen LogP contribution in [0.2, 0.25) is 0 Å². The SMILES string of the molecule is CNCCCC(C)NC(=O)c1ccc(C)cc1. The number of amides is 1. The van der Waals surface area contributed by atoms with Crippen LogP contribution >= 0.6 is 0 Å². The maximum absolute atomic E-state index is 11.9. The van der Waals surface area contributed by atoms with Crippen LogP contribution < -0.4 is 10.6 Å². The highest BCUT2D eigenvalue weighted by Crippen LogP contribution is 2.04. The molecule has 0 heterocycles. The molecule has 1 unspecified atom stereocenters. The van der Waals surface area contributed by atoms with Gasteiger partial charge in [-0.05, 0) is 52.4 Å². The molecule has 1 atom stereocenters. The lowest BCUT2D eigenvalue weighted by atomic mass is 10.1. The van der Waals surface area contributed by atoms with Gasteiger partial charge in [-0.1, -0.05) is 17.7 Å². The lowest BCUT2D eigenvalue weighted by Crippen LogP contribution is -2.33. The summed E-state index contributed by atoms with van der Waals surface area (Å²) in [6.07, 6.45) is 2.07. The first-order valence-corrected chi connectivity index (χ1v) is 6.15. The van der Waals surface area contributed by atoms with E-state index in [0.29, 0.717) is 0 Å². The summed E-state index contributed by atoms with van der Waals surface area (Å²) < 4.78 is 0. The molecule has 2 N–H and O–H groups in total. The van der Waals surface area contributed by atoms with Crippen molar-refractivity contribution in [3.8, 4) is 0 Å². The quantitative estimate of drug-likeness (QED) is 0.740. The molecule has 1 aromatic rings. The van der Waals surface area contributed by atoms with E-state index in [-0.39, 0.29) is 11.9 Å². The number of benzene rings is 1. The number of carbonyl (C=O) groups is 1. The lowest BCUT2D eigenvalue weighted by Gasteiger charge is -2.13. The summed E-state index contributed by atoms with van der Waals surface area (Å²) in [4.78, 5) is 11.9. The Morgan fingerprint density at radius 3 is 2.53 bits per heavy atom. The van der Waals surface area contributed by atoms with Crippen molar-refractivity contribution in [1.82, 2.24) is 10.6 Å². The first-order chi connectivity index (χ1) is 8.13. The van der Waals surface area contributed by atoms with E-state index in [9.17, 15) is 4.79 Å². The van der Waals surface area contributed by atoms with E-state index < -0.39 is 0 Å². The van der Waals surface area contributed by atoms with E-state index in [1.54, 1.807) is 0 Å². The predicted molar refractivity (Wildman–Crippen MR) is 71.3 cm³/mol. The summed E-state index contributed by atoms with van der Waals surface area (Å²) in [7, 11) is 1.94. The Balaban J connectivity index is 2.40. The van der Waals surface area contributed by atoms with Crippen LogP contribution in [0.3, 0.4) is 0 Å². The maximum Gasteiger partial charge on any atom is 0.251 e. The van der Waals surface area contributed by atoms with Crippen molar-refractivity contribution >= 4 is 5.91 Å². The van der Waals surface area contributed by atoms with Gasteiger partial charge < -0.3 is 10.6 Å². The average Bonchev–Trinajstić information content (AvgIpc) is 2.30. The van der Waals surface area contributed by atoms with Crippen LogP contribution in [-0.4, -0.2) is 25.5 Å². The zero-order valence-electron chi connectivity index (χ0n) is 10.9. The van der Waals surface area contributed by atoms with Crippen LogP contribution in [0.4, 0.5) is 0 Å². The first kappa shape index (κ1) is 13.7. The van der Waals surface area contributed by atoms with Gasteiger partial charge in [0.05, 0.1) is 0 Å². The average molecular weight is 234 g/mol. The van der Waals surface area contributed by atoms with Gasteiger partial charge in [-0.2, -0.15) is 0 Å². The second kappa shape index (κ2) is 7.07. The van der Waals surface area contributed by atoms with Crippen LogP contribution in [0.25, 0.3) is 0 Å². The second-order valence-electron chi connectivity index (χ2n) is 4.49. The van der Waals surface area contributed by atoms with Gasteiger partial charge in [-0.25, -0.2) is 0 Å². The maximum atomic E-state index is 11.9. The molecule has 0 spiro atoms. The van der Waals surface area contributed by atoms with Gasteiger partial charge >= 0.3 is 0 Å². The molecule has 94 valence electrons. The molecule has 0 saturated heterocycles. The Bertz CT molecular complexity index is 346. The molecule has 1 rings (SSSR count). The van der Waals surface area contributed by atoms with Gasteiger partial charge in [-0.15, -0.1) is 0 Å². The molecule has 3 nitrogen and oxygen atoms in total. The first-order valence-electron chi connectivity index (χ1n) is 6.15. The molecule has 0 radical (unpaired) electrons. The van der Waals surface area contributed by atoms with Gasteiger partial charge in [0.15, 0.2) is 0 Å². The van der Waals surface area contributed by atoms with E-state index in [1.165, 1.54) is 5.56 Å². The largest absolute Gasteiger partial charge is 0.350 e. The summed E-state index contributed by atoms with van der Waals surface area (Å²) in [5, 5.41) is 6.11. The Morgan fingerprint density at radius 2 is 1.94 bits per heavy atom. The molecule has 0 fully saturated rings. The summed E-state index contributed by atoms with van der Waals surface area (Å²) in [6, 6.07) is 7.87. The number of aryl methyl sites for hydroxylation is 1. The van der Waals surface area contributed by atoms with E-state index in [1.807, 2.05) is 45.2 Å². The van der Waals surface area contributed by atoms with Crippen molar-refractivity contribution in [2.45, 2.75) is 32.7 Å². The normalized spacial score (nSPS) is 12.2. The van der Waals surface area contributed by atoms with E-state index in [2.05, 4.69) is 10.6 Å². The van der Waals surface area contributed by atoms with Crippen LogP contribution in [0.15, 0.2) is 24.3 Å². The Morgan fingerprint density at radius 1 is 1.29 bits per heavy atom. The Labute approximate surface area is 104 Å². The molecule has 3 heteroatoms. The molecule has 0 bridgehead atoms. The number of hydrogen-bond acceptors (Lipinski definition) is 2. The highest BCUT2D eigenvalue weighted by Gasteiger charge is 2.08. The molecule has 0 aliphatic rings. The summed E-state index contributed by atoms with van der Waals surface area (Å²) in [5.41, 5.74) is 1.90. The number of nitrogens with one attached hydrogen (secondary N) is 2. The Kier molecular flexibility index (Phi) is 5.70. The van der Waals surface area contributed by atoms with Crippen LogP contribution in [0, 0.1) is 6.92 Å². The van der Waals surface area contributed by atoms with Crippen molar-refractivity contribution in [3.63, 3.8) is 0 Å². The van der Waals surface area contributed by atoms with Crippen LogP contribution in [-0.2, 0) is 0 Å². The molecule has 0 saturated carbocycles. The third kappa shape index (κ3) is 5.00. The minimum Gasteiger partial charge on any atom is -0.350 e. The topological polar surface area (TPSA) is 41.1 Å². The van der Waals surface area contributed by atoms with Crippen molar-refractivity contribution in [1.29, 1.82) is 0 Å². The van der Waals surface area contributed by atoms with Gasteiger partial charge in [0.25, 0.3) is 5.91 Å². The highest BCUT2D eigenvalue weighted by molar-refractivity contribution is 5.94. The smallest absolute Gasteiger partial charge is 0.251 e. The van der Waals surface area contributed by atoms with E-state index in [0.717, 1.165) is 24.9 Å². The zero-order valence-corrected chi connectivity index (χ0v) is 10.9. The van der Waals surface area contributed by atoms with Gasteiger partial charge in [-0.3, -0.25) is 4.79 Å². The van der Waals surface area contributed by atoms with Crippen molar-refractivity contribution < 1.29 is 4.79 Å². The third-order valence-corrected chi connectivity index (χ3v) is 2.76. The van der Waals surface area contributed by atoms with Crippen molar-refractivity contribution in [2.75, 3.05) is 13.6 Å². The molecule has 17 heavy (non-hydrogen) atoms. The van der Waals surface area contributed by atoms with E-state index in [4.69, 9.17) is 0 Å². The van der Waals surface area contributed by atoms with Crippen molar-refractivity contribution in [3.05, 3.63) is 35.4 Å². The second-order valence-corrected chi connectivity index (χ2v) is 4.49. The molecule has 0 aliphatic heterocycles. The summed E-state index contributed by atoms with van der Waals surface area (Å²) in [6.45, 7) is 5.05. The fraction of sp³-hybridized carbons (Fsp3) is 0.500. The monoisotopic (exact) mass is 234 g/mol. The molecule has 0 aromatic heterocycles. The summed E-state index contributed by atoms with van der Waals surface area (Å²) >= 11 is 0. The van der Waals surface area contributed by atoms with Crippen molar-refractivity contribution in [2.24, 2.45) is 0 Å². The van der Waals surface area contributed by atoms with Crippen LogP contribution in [0.1, 0.15) is 35.7 Å². The van der Waals surface area contributed by atoms with Gasteiger partial charge in [0.1, 0.15) is 0 Å². The van der Waals surface area contributed by atoms with Gasteiger partial charge in [0, 0.05) is 11.6 Å². The molecular formula is C14H22N2O. The summed E-state index contributed by atoms with van der Waals surface area (Å²) in [5.74, 6) is 0.0157. The molecule has 1 aromatic carbocycles. The molecule has 0 aliphatic carbocycles. The molecular weight excluding hydrogens is 212 g/mol. The zero-order chi connectivity index (χ0) is 12.7. The standard InChI is InChI=1S/C14H22N2O/c1-11-6-8-13(9-7-11)14(17)16-12(2)5-4-10-15-3/h6-9,12,15H,4-5,10H2,1-3H3,(H,16,17). The predicted octanol–water partition coefficient (Wildman–Crippen LogP) is 2.11. The minimum absolute atomic E-state index is 0.0157. The van der Waals surface area contributed by atoms with E-state index >= 15 is 0 Å².